The summed E-state index contributed by atoms with van der Waals surface area (Å²) in [4.78, 5) is 12.0. The quantitative estimate of drug-likeness (QED) is 0.558. The molecule has 1 atom stereocenters. The van der Waals surface area contributed by atoms with Crippen LogP contribution in [0.4, 0.5) is 4.39 Å². The summed E-state index contributed by atoms with van der Waals surface area (Å²) >= 11 is 3.44. The second-order valence-corrected chi connectivity index (χ2v) is 6.39. The normalized spacial score (nSPS) is 11.8. The molecule has 0 unspecified atom stereocenters. The van der Waals surface area contributed by atoms with E-state index in [9.17, 15) is 9.18 Å². The number of nitrogens with one attached hydrogen (secondary N) is 1. The van der Waals surface area contributed by atoms with Gasteiger partial charge in [0.2, 0.25) is 0 Å². The van der Waals surface area contributed by atoms with Gasteiger partial charge in [0, 0.05) is 0 Å². The highest BCUT2D eigenvalue weighted by molar-refractivity contribution is 9.10. The van der Waals surface area contributed by atoms with E-state index >= 15 is 0 Å². The molecule has 2 aromatic rings. The topological polar surface area (TPSA) is 74.5 Å². The average molecular weight is 418 g/mol. The van der Waals surface area contributed by atoms with E-state index in [1.165, 1.54) is 18.3 Å². The molecular formula is C19H17BrFN3O2. The molecule has 0 aliphatic heterocycles. The lowest BCUT2D eigenvalue weighted by Gasteiger charge is -2.14. The number of carbonyl (C=O) groups is 1. The lowest BCUT2D eigenvalue weighted by Crippen LogP contribution is -2.19. The molecule has 0 aliphatic carbocycles. The van der Waals surface area contributed by atoms with E-state index in [0.29, 0.717) is 0 Å². The van der Waals surface area contributed by atoms with E-state index in [2.05, 4.69) is 26.5 Å². The van der Waals surface area contributed by atoms with E-state index in [0.717, 1.165) is 28.3 Å². The number of hydrogen-bond donors (Lipinski definition) is 1. The molecule has 0 radical (unpaired) electrons. The third-order valence-electron chi connectivity index (χ3n) is 3.58. The van der Waals surface area contributed by atoms with Crippen LogP contribution in [0.15, 0.2) is 46.0 Å². The third-order valence-corrected chi connectivity index (χ3v) is 4.20. The van der Waals surface area contributed by atoms with Crippen molar-refractivity contribution in [2.24, 2.45) is 5.10 Å². The number of hydrazone groups is 1. The highest BCUT2D eigenvalue weighted by Gasteiger charge is 2.11. The number of hydrogen-bond acceptors (Lipinski definition) is 4. The van der Waals surface area contributed by atoms with Crippen molar-refractivity contribution in [1.82, 2.24) is 5.43 Å². The van der Waals surface area contributed by atoms with E-state index < -0.39 is 11.7 Å². The zero-order valence-corrected chi connectivity index (χ0v) is 15.9. The van der Waals surface area contributed by atoms with Crippen molar-refractivity contribution in [2.75, 3.05) is 0 Å². The van der Waals surface area contributed by atoms with Gasteiger partial charge >= 0.3 is 0 Å². The lowest BCUT2D eigenvalue weighted by molar-refractivity contribution is 0.0951. The van der Waals surface area contributed by atoms with E-state index in [1.54, 1.807) is 18.2 Å². The minimum Gasteiger partial charge on any atom is -0.490 e. The van der Waals surface area contributed by atoms with Crippen molar-refractivity contribution in [3.8, 4) is 11.8 Å². The van der Waals surface area contributed by atoms with Crippen LogP contribution >= 0.6 is 15.9 Å². The standard InChI is InChI=1S/C19H17BrFN3O2/c1-3-12(2)26-18-7-5-14(8-16(18)20)11-23-24-19(25)15-6-4-13(10-22)9-17(15)21/h4-9,11-12H,3H2,1-2H3,(H,24,25)/b23-11-/t12-/m1/s1. The Morgan fingerprint density at radius 1 is 1.42 bits per heavy atom. The zero-order chi connectivity index (χ0) is 19.1. The fourth-order valence-corrected chi connectivity index (χ4v) is 2.48. The van der Waals surface area contributed by atoms with Gasteiger partial charge < -0.3 is 4.74 Å². The molecular weight excluding hydrogens is 401 g/mol. The predicted octanol–water partition coefficient (Wildman–Crippen LogP) is 4.40. The highest BCUT2D eigenvalue weighted by atomic mass is 79.9. The zero-order valence-electron chi connectivity index (χ0n) is 14.3. The first-order valence-electron chi connectivity index (χ1n) is 7.93. The van der Waals surface area contributed by atoms with Crippen molar-refractivity contribution in [3.05, 3.63) is 63.4 Å². The molecule has 1 amide bonds. The molecule has 2 aromatic carbocycles. The Morgan fingerprint density at radius 3 is 2.81 bits per heavy atom. The van der Waals surface area contributed by atoms with Gasteiger partial charge in [0.15, 0.2) is 0 Å². The summed E-state index contributed by atoms with van der Waals surface area (Å²) in [6, 6.07) is 10.8. The summed E-state index contributed by atoms with van der Waals surface area (Å²) in [5.74, 6) is -0.745. The number of amides is 1. The number of ether oxygens (including phenoxy) is 1. The Kier molecular flexibility index (Phi) is 6.87. The maximum absolute atomic E-state index is 13.8. The number of benzene rings is 2. The summed E-state index contributed by atoms with van der Waals surface area (Å²) in [5.41, 5.74) is 2.96. The highest BCUT2D eigenvalue weighted by Crippen LogP contribution is 2.26. The SMILES string of the molecule is CC[C@@H](C)Oc1ccc(/C=N\NC(=O)c2ccc(C#N)cc2F)cc1Br. The van der Waals surface area contributed by atoms with Crippen molar-refractivity contribution in [2.45, 2.75) is 26.4 Å². The van der Waals surface area contributed by atoms with Gasteiger partial charge in [-0.05, 0) is 71.2 Å². The molecule has 2 rings (SSSR count). The Labute approximate surface area is 159 Å². The molecule has 0 fully saturated rings. The Balaban J connectivity index is 2.03. The van der Waals surface area contributed by atoms with Crippen LogP contribution in [0.2, 0.25) is 0 Å². The Morgan fingerprint density at radius 2 is 2.19 bits per heavy atom. The number of rotatable bonds is 6. The number of carbonyl (C=O) groups excluding carboxylic acids is 1. The van der Waals surface area contributed by atoms with Crippen LogP contribution < -0.4 is 10.2 Å². The monoisotopic (exact) mass is 417 g/mol. The maximum Gasteiger partial charge on any atom is 0.274 e. The summed E-state index contributed by atoms with van der Waals surface area (Å²) in [6.45, 7) is 4.03. The minimum atomic E-state index is -0.772. The first-order chi connectivity index (χ1) is 12.4. The third kappa shape index (κ3) is 5.14. The van der Waals surface area contributed by atoms with E-state index in [-0.39, 0.29) is 17.2 Å². The largest absolute Gasteiger partial charge is 0.490 e. The minimum absolute atomic E-state index is 0.104. The maximum atomic E-state index is 13.8. The van der Waals surface area contributed by atoms with Gasteiger partial charge in [-0.15, -0.1) is 0 Å². The van der Waals surface area contributed by atoms with E-state index in [4.69, 9.17) is 10.00 Å². The van der Waals surface area contributed by atoms with Crippen LogP contribution in [0.3, 0.4) is 0 Å². The average Bonchev–Trinajstić information content (AvgIpc) is 2.63. The molecule has 26 heavy (non-hydrogen) atoms. The van der Waals surface area contributed by atoms with Gasteiger partial charge in [-0.2, -0.15) is 10.4 Å². The fraction of sp³-hybridized carbons (Fsp3) is 0.211. The molecule has 0 spiro atoms. The molecule has 0 aliphatic rings. The van der Waals surface area contributed by atoms with Crippen molar-refractivity contribution >= 4 is 28.1 Å². The van der Waals surface area contributed by atoms with Gasteiger partial charge in [0.05, 0.1) is 34.0 Å². The van der Waals surface area contributed by atoms with Crippen LogP contribution in [-0.4, -0.2) is 18.2 Å². The Hall–Kier alpha value is -2.72. The number of halogens is 2. The summed E-state index contributed by atoms with van der Waals surface area (Å²) in [6.07, 6.45) is 2.44. The molecule has 0 saturated carbocycles. The van der Waals surface area contributed by atoms with Gasteiger partial charge in [0.1, 0.15) is 11.6 Å². The Bertz CT molecular complexity index is 878. The summed E-state index contributed by atoms with van der Waals surface area (Å²) in [7, 11) is 0. The van der Waals surface area contributed by atoms with Gasteiger partial charge in [-0.3, -0.25) is 4.79 Å². The summed E-state index contributed by atoms with van der Waals surface area (Å²) in [5, 5.41) is 12.5. The van der Waals surface area contributed by atoms with E-state index in [1.807, 2.05) is 19.9 Å². The number of nitriles is 1. The molecule has 0 bridgehead atoms. The number of nitrogens with zero attached hydrogens (tertiary/aromatic N) is 2. The van der Waals surface area contributed by atoms with Crippen LogP contribution in [0.25, 0.3) is 0 Å². The molecule has 134 valence electrons. The lowest BCUT2D eigenvalue weighted by atomic mass is 10.1. The summed E-state index contributed by atoms with van der Waals surface area (Å²) < 4.78 is 20.3. The predicted molar refractivity (Wildman–Crippen MR) is 101 cm³/mol. The second-order valence-electron chi connectivity index (χ2n) is 5.53. The van der Waals surface area contributed by atoms with Crippen molar-refractivity contribution in [3.63, 3.8) is 0 Å². The van der Waals surface area contributed by atoms with Gasteiger partial charge in [0.25, 0.3) is 5.91 Å². The van der Waals surface area contributed by atoms with Crippen LogP contribution in [-0.2, 0) is 0 Å². The smallest absolute Gasteiger partial charge is 0.274 e. The molecule has 0 saturated heterocycles. The van der Waals surface area contributed by atoms with Crippen LogP contribution in [0, 0.1) is 17.1 Å². The molecule has 0 heterocycles. The molecule has 1 N–H and O–H groups in total. The van der Waals surface area contributed by atoms with Crippen LogP contribution in [0.5, 0.6) is 5.75 Å². The second kappa shape index (κ2) is 9.11. The van der Waals surface area contributed by atoms with Gasteiger partial charge in [-0.25, -0.2) is 9.82 Å². The first-order valence-corrected chi connectivity index (χ1v) is 8.73. The van der Waals surface area contributed by atoms with Crippen LogP contribution in [0.1, 0.15) is 41.8 Å². The van der Waals surface area contributed by atoms with Crippen molar-refractivity contribution in [1.29, 1.82) is 5.26 Å². The van der Waals surface area contributed by atoms with Gasteiger partial charge in [-0.1, -0.05) is 6.92 Å². The molecule has 5 nitrogen and oxygen atoms in total. The van der Waals surface area contributed by atoms with Crippen molar-refractivity contribution < 1.29 is 13.9 Å². The fourth-order valence-electron chi connectivity index (χ4n) is 1.99. The molecule has 0 aromatic heterocycles. The first kappa shape index (κ1) is 19.6. The molecule has 7 heteroatoms.